The number of rotatable bonds is 7. The Kier molecular flexibility index (Phi) is 5.28. The number of ketones is 1. The van der Waals surface area contributed by atoms with Crippen LogP contribution in [0.2, 0.25) is 0 Å². The maximum absolute atomic E-state index is 12.2. The quantitative estimate of drug-likeness (QED) is 0.486. The molecule has 0 aliphatic rings. The van der Waals surface area contributed by atoms with Gasteiger partial charge in [0.05, 0.1) is 18.0 Å². The van der Waals surface area contributed by atoms with Gasteiger partial charge in [-0.05, 0) is 43.3 Å². The minimum Gasteiger partial charge on any atom is -0.494 e. The van der Waals surface area contributed by atoms with Crippen LogP contribution in [0.3, 0.4) is 0 Å². The highest BCUT2D eigenvalue weighted by atomic mass is 32.2. The van der Waals surface area contributed by atoms with E-state index in [-0.39, 0.29) is 5.78 Å². The van der Waals surface area contributed by atoms with Crippen LogP contribution in [-0.2, 0) is 0 Å². The number of hydrogen-bond donors (Lipinski definition) is 0. The molecule has 6 heteroatoms. The Hall–Kier alpha value is -2.60. The zero-order valence-corrected chi connectivity index (χ0v) is 14.1. The predicted molar refractivity (Wildman–Crippen MR) is 94.0 cm³/mol. The largest absolute Gasteiger partial charge is 0.494 e. The predicted octanol–water partition coefficient (Wildman–Crippen LogP) is 3.64. The number of thioether (sulfide) groups is 1. The van der Waals surface area contributed by atoms with Gasteiger partial charge in [0.1, 0.15) is 12.1 Å². The molecule has 1 aromatic heterocycles. The molecule has 0 N–H and O–H groups in total. The Bertz CT molecular complexity index is 801. The number of ether oxygens (including phenoxy) is 1. The van der Waals surface area contributed by atoms with E-state index in [4.69, 9.17) is 4.74 Å². The highest BCUT2D eigenvalue weighted by Gasteiger charge is 2.10. The van der Waals surface area contributed by atoms with Crippen LogP contribution in [0.25, 0.3) is 5.69 Å². The van der Waals surface area contributed by atoms with Gasteiger partial charge in [-0.3, -0.25) is 4.79 Å². The summed E-state index contributed by atoms with van der Waals surface area (Å²) in [5, 5.41) is 4.96. The topological polar surface area (TPSA) is 57.0 Å². The lowest BCUT2D eigenvalue weighted by Gasteiger charge is -2.04. The van der Waals surface area contributed by atoms with E-state index in [1.807, 2.05) is 49.4 Å². The second-order valence-corrected chi connectivity index (χ2v) is 5.92. The zero-order chi connectivity index (χ0) is 16.8. The van der Waals surface area contributed by atoms with Crippen molar-refractivity contribution in [3.63, 3.8) is 0 Å². The fourth-order valence-corrected chi connectivity index (χ4v) is 2.83. The lowest BCUT2D eigenvalue weighted by molar-refractivity contribution is 0.102. The minimum absolute atomic E-state index is 0.0408. The molecule has 0 aliphatic heterocycles. The molecule has 0 amide bonds. The van der Waals surface area contributed by atoms with E-state index >= 15 is 0 Å². The fraction of sp³-hybridized carbons (Fsp3) is 0.167. The standard InChI is InChI=1S/C18H17N3O2S/c1-2-23-16-10-8-14(9-11-16)17(22)12-24-18-19-13-21(20-18)15-6-4-3-5-7-15/h3-11,13H,2,12H2,1H3. The van der Waals surface area contributed by atoms with Crippen LogP contribution in [-0.4, -0.2) is 32.9 Å². The minimum atomic E-state index is 0.0408. The van der Waals surface area contributed by atoms with Crippen molar-refractivity contribution in [3.05, 3.63) is 66.5 Å². The zero-order valence-electron chi connectivity index (χ0n) is 13.3. The summed E-state index contributed by atoms with van der Waals surface area (Å²) in [5.74, 6) is 1.11. The first kappa shape index (κ1) is 16.3. The third-order valence-electron chi connectivity index (χ3n) is 3.31. The number of carbonyl (C=O) groups is 1. The molecule has 0 saturated carbocycles. The van der Waals surface area contributed by atoms with Crippen LogP contribution >= 0.6 is 11.8 Å². The Morgan fingerprint density at radius 2 is 1.88 bits per heavy atom. The van der Waals surface area contributed by atoms with Gasteiger partial charge in [-0.1, -0.05) is 30.0 Å². The van der Waals surface area contributed by atoms with Crippen LogP contribution in [0.4, 0.5) is 0 Å². The molecule has 0 saturated heterocycles. The van der Waals surface area contributed by atoms with Crippen LogP contribution in [0, 0.1) is 0 Å². The van der Waals surface area contributed by atoms with Crippen molar-refractivity contribution < 1.29 is 9.53 Å². The van der Waals surface area contributed by atoms with Gasteiger partial charge in [0.25, 0.3) is 0 Å². The van der Waals surface area contributed by atoms with E-state index in [0.717, 1.165) is 11.4 Å². The van der Waals surface area contributed by atoms with Gasteiger partial charge < -0.3 is 4.74 Å². The normalized spacial score (nSPS) is 10.5. The number of benzene rings is 2. The SMILES string of the molecule is CCOc1ccc(C(=O)CSc2ncn(-c3ccccc3)n2)cc1. The molecule has 0 fully saturated rings. The first-order valence-electron chi connectivity index (χ1n) is 7.62. The van der Waals surface area contributed by atoms with Crippen LogP contribution < -0.4 is 4.74 Å². The van der Waals surface area contributed by atoms with Gasteiger partial charge in [0.2, 0.25) is 5.16 Å². The molecule has 24 heavy (non-hydrogen) atoms. The molecule has 0 spiro atoms. The van der Waals surface area contributed by atoms with E-state index in [1.54, 1.807) is 23.1 Å². The molecule has 0 aliphatic carbocycles. The Labute approximate surface area is 144 Å². The van der Waals surface area contributed by atoms with Gasteiger partial charge in [-0.25, -0.2) is 9.67 Å². The molecule has 0 bridgehead atoms. The molecule has 1 heterocycles. The molecular formula is C18H17N3O2S. The molecule has 0 radical (unpaired) electrons. The first-order valence-corrected chi connectivity index (χ1v) is 8.61. The summed E-state index contributed by atoms with van der Waals surface area (Å²) in [6, 6.07) is 16.9. The van der Waals surface area contributed by atoms with Crippen LogP contribution in [0.5, 0.6) is 5.75 Å². The molecule has 0 unspecified atom stereocenters. The maximum Gasteiger partial charge on any atom is 0.209 e. The smallest absolute Gasteiger partial charge is 0.209 e. The molecule has 122 valence electrons. The monoisotopic (exact) mass is 339 g/mol. The van der Waals surface area contributed by atoms with E-state index < -0.39 is 0 Å². The summed E-state index contributed by atoms with van der Waals surface area (Å²) < 4.78 is 7.07. The number of nitrogens with zero attached hydrogens (tertiary/aromatic N) is 3. The van der Waals surface area contributed by atoms with Gasteiger partial charge >= 0.3 is 0 Å². The maximum atomic E-state index is 12.2. The van der Waals surface area contributed by atoms with Gasteiger partial charge in [-0.15, -0.1) is 5.10 Å². The van der Waals surface area contributed by atoms with Crippen molar-refractivity contribution in [3.8, 4) is 11.4 Å². The fourth-order valence-electron chi connectivity index (χ4n) is 2.14. The number of aromatic nitrogens is 3. The van der Waals surface area contributed by atoms with Crippen LogP contribution in [0.15, 0.2) is 66.1 Å². The lowest BCUT2D eigenvalue weighted by Crippen LogP contribution is -2.03. The van der Waals surface area contributed by atoms with Gasteiger partial charge in [0.15, 0.2) is 5.78 Å². The number of hydrogen-bond acceptors (Lipinski definition) is 5. The van der Waals surface area contributed by atoms with Gasteiger partial charge in [0, 0.05) is 5.56 Å². The average molecular weight is 339 g/mol. The molecule has 0 atom stereocenters. The highest BCUT2D eigenvalue weighted by molar-refractivity contribution is 7.99. The lowest BCUT2D eigenvalue weighted by atomic mass is 10.1. The van der Waals surface area contributed by atoms with Crippen molar-refractivity contribution in [2.45, 2.75) is 12.1 Å². The van der Waals surface area contributed by atoms with Crippen molar-refractivity contribution in [1.82, 2.24) is 14.8 Å². The number of Topliss-reactive ketones (excluding diaryl/α,β-unsaturated/α-hetero) is 1. The third kappa shape index (κ3) is 4.02. The third-order valence-corrected chi connectivity index (χ3v) is 4.16. The molecular weight excluding hydrogens is 322 g/mol. The Morgan fingerprint density at radius 3 is 2.58 bits per heavy atom. The van der Waals surface area contributed by atoms with Crippen molar-refractivity contribution >= 4 is 17.5 Å². The summed E-state index contributed by atoms with van der Waals surface area (Å²) in [6.45, 7) is 2.54. The molecule has 2 aromatic carbocycles. The number of carbonyl (C=O) groups excluding carboxylic acids is 1. The summed E-state index contributed by atoms with van der Waals surface area (Å²) in [6.07, 6.45) is 1.65. The van der Waals surface area contributed by atoms with E-state index in [0.29, 0.717) is 23.1 Å². The van der Waals surface area contributed by atoms with Crippen molar-refractivity contribution in [2.75, 3.05) is 12.4 Å². The Morgan fingerprint density at radius 1 is 1.12 bits per heavy atom. The van der Waals surface area contributed by atoms with Crippen LogP contribution in [0.1, 0.15) is 17.3 Å². The summed E-state index contributed by atoms with van der Waals surface area (Å²) in [4.78, 5) is 16.5. The van der Waals surface area contributed by atoms with Gasteiger partial charge in [-0.2, -0.15) is 0 Å². The molecule has 3 rings (SSSR count). The highest BCUT2D eigenvalue weighted by Crippen LogP contribution is 2.18. The first-order chi connectivity index (χ1) is 11.8. The van der Waals surface area contributed by atoms with Crippen molar-refractivity contribution in [1.29, 1.82) is 0 Å². The van der Waals surface area contributed by atoms with Crippen molar-refractivity contribution in [2.24, 2.45) is 0 Å². The number of para-hydroxylation sites is 1. The van der Waals surface area contributed by atoms with E-state index in [1.165, 1.54) is 11.8 Å². The average Bonchev–Trinajstić information content (AvgIpc) is 3.10. The van der Waals surface area contributed by atoms with E-state index in [9.17, 15) is 4.79 Å². The molecule has 3 aromatic rings. The summed E-state index contributed by atoms with van der Waals surface area (Å²) >= 11 is 1.33. The second-order valence-electron chi connectivity index (χ2n) is 4.98. The summed E-state index contributed by atoms with van der Waals surface area (Å²) in [7, 11) is 0. The van der Waals surface area contributed by atoms with E-state index in [2.05, 4.69) is 10.1 Å². The summed E-state index contributed by atoms with van der Waals surface area (Å²) in [5.41, 5.74) is 1.60. The second kappa shape index (κ2) is 7.79. The Balaban J connectivity index is 1.59. The molecule has 5 nitrogen and oxygen atoms in total.